The number of furan rings is 1. The van der Waals surface area contributed by atoms with Gasteiger partial charge >= 0.3 is 5.97 Å². The van der Waals surface area contributed by atoms with Crippen molar-refractivity contribution in [1.29, 1.82) is 0 Å². The average Bonchev–Trinajstić information content (AvgIpc) is 3.71. The molecular weight excluding hydrogens is 847 g/mol. The number of aryl methyl sites for hydroxylation is 1. The number of esters is 1. The van der Waals surface area contributed by atoms with Crippen LogP contribution < -0.4 is 14.8 Å². The number of ether oxygens (including phenoxy) is 4. The fourth-order valence-electron chi connectivity index (χ4n) is 12.4. The minimum Gasteiger partial charge on any atom is -0.481 e. The number of carbonyl (C=O) groups is 1. The van der Waals surface area contributed by atoms with E-state index in [-0.39, 0.29) is 55.7 Å². The van der Waals surface area contributed by atoms with Gasteiger partial charge in [0.15, 0.2) is 16.9 Å². The van der Waals surface area contributed by atoms with E-state index in [4.69, 9.17) is 23.4 Å². The molecule has 0 amide bonds. The molecule has 9 rings (SSSR count). The molecule has 1 saturated carbocycles. The van der Waals surface area contributed by atoms with Crippen molar-refractivity contribution in [1.82, 2.24) is 5.32 Å². The zero-order chi connectivity index (χ0) is 44.5. The number of nitrogens with one attached hydrogen (secondary N) is 1. The van der Waals surface area contributed by atoms with Gasteiger partial charge in [0.2, 0.25) is 5.75 Å². The van der Waals surface area contributed by atoms with E-state index in [1.165, 1.54) is 0 Å². The van der Waals surface area contributed by atoms with E-state index >= 15 is 0 Å². The van der Waals surface area contributed by atoms with Crippen molar-refractivity contribution in [3.05, 3.63) is 47.8 Å². The van der Waals surface area contributed by atoms with E-state index < -0.39 is 82.6 Å². The van der Waals surface area contributed by atoms with Gasteiger partial charge in [0.25, 0.3) is 5.79 Å². The molecular formula is C48H67NO12S2. The second-order valence-corrected chi connectivity index (χ2v) is 22.6. The standard InChI is InChI=1S/C48H67NO12S2/c1-5-57-38(53)16-13-29-20-30-17-18-58-40(30)42-41(29)60-46-22-32-19-28(11-9-26(2)3)36(59-42)23-49-33-14-10-27(4)7-6-8-37(52)48(61-46,43(32)63-62-25-33)45(55)21-31-12-15-35(51)34(24-50)39(31)47(46,56)44(45)54/h12,15,17-18,20,22,26-28,31,33-37,39,43-44,49-52,54-56H,5-11,13-14,16,19,21,23-25H2,1-4H3/t27-,28-,31-,33-,34+,35+,36-,37+,39+,43+,44-,45-,46+,47-,48-/m0/s1. The fourth-order valence-corrected chi connectivity index (χ4v) is 15.9. The molecule has 0 radical (unpaired) electrons. The van der Waals surface area contributed by atoms with E-state index in [0.29, 0.717) is 53.5 Å². The van der Waals surface area contributed by atoms with Crippen LogP contribution in [0.15, 0.2) is 46.6 Å². The van der Waals surface area contributed by atoms with Crippen LogP contribution in [0.2, 0.25) is 0 Å². The first kappa shape index (κ1) is 45.8. The number of aliphatic hydroxyl groups is 6. The Morgan fingerprint density at radius 2 is 1.92 bits per heavy atom. The monoisotopic (exact) mass is 913 g/mol. The van der Waals surface area contributed by atoms with E-state index in [2.05, 4.69) is 26.1 Å². The van der Waals surface area contributed by atoms with Gasteiger partial charge in [-0.25, -0.2) is 0 Å². The molecule has 15 atom stereocenters. The van der Waals surface area contributed by atoms with Crippen molar-refractivity contribution in [3.63, 3.8) is 0 Å². The van der Waals surface area contributed by atoms with E-state index in [1.54, 1.807) is 53.0 Å². The first-order chi connectivity index (χ1) is 30.2. The highest BCUT2D eigenvalue weighted by molar-refractivity contribution is 8.77. The molecule has 0 unspecified atom stereocenters. The summed E-state index contributed by atoms with van der Waals surface area (Å²) in [6.07, 6.45) is 7.50. The van der Waals surface area contributed by atoms with Gasteiger partial charge in [0.1, 0.15) is 23.4 Å². The Morgan fingerprint density at radius 1 is 1.10 bits per heavy atom. The molecule has 63 heavy (non-hydrogen) atoms. The molecule has 8 bridgehead atoms. The van der Waals surface area contributed by atoms with Crippen LogP contribution in [0.5, 0.6) is 11.5 Å². The van der Waals surface area contributed by atoms with Crippen LogP contribution in [0.4, 0.5) is 0 Å². The largest absolute Gasteiger partial charge is 0.481 e. The molecule has 7 N–H and O–H groups in total. The first-order valence-corrected chi connectivity index (χ1v) is 25.8. The van der Waals surface area contributed by atoms with Crippen molar-refractivity contribution in [2.75, 3.05) is 25.5 Å². The van der Waals surface area contributed by atoms with Gasteiger partial charge in [0.05, 0.1) is 30.3 Å². The molecule has 2 aromatic rings. The second-order valence-electron chi connectivity index (χ2n) is 20.1. The Morgan fingerprint density at radius 3 is 2.70 bits per heavy atom. The third-order valence-corrected chi connectivity index (χ3v) is 18.6. The van der Waals surface area contributed by atoms with Crippen LogP contribution in [-0.2, 0) is 20.7 Å². The number of carbonyl (C=O) groups excluding carboxylic acids is 1. The van der Waals surface area contributed by atoms with Gasteiger partial charge in [-0.1, -0.05) is 79.3 Å². The SMILES string of the molecule is CCOC(=O)CCc1cc2ccoc2c2c1O[C@]13C=C4C[C@H](CCC(C)C)[C@H](CN[C@H]5CC[C@@H](C)CCC[C@@H](O)[C@](O1)([C@@H]4SSC5)[C@]1(O)C[C@@H]4C=C[C@@H](O)[C@@H](CO)[C@@H]4[C@]3(O)[C@H]1O)O2. The maximum atomic E-state index is 14.0. The molecule has 7 aliphatic rings. The van der Waals surface area contributed by atoms with Crippen LogP contribution in [0.25, 0.3) is 11.0 Å². The molecule has 15 heteroatoms. The number of hydrogen-bond acceptors (Lipinski definition) is 15. The Bertz CT molecular complexity index is 2060. The van der Waals surface area contributed by atoms with Crippen LogP contribution in [0, 0.1) is 35.5 Å². The van der Waals surface area contributed by atoms with Crippen LogP contribution in [0.3, 0.4) is 0 Å². The molecule has 1 aromatic carbocycles. The van der Waals surface area contributed by atoms with Gasteiger partial charge in [0, 0.05) is 54.5 Å². The number of aliphatic hydroxyl groups excluding tert-OH is 4. The van der Waals surface area contributed by atoms with E-state index in [9.17, 15) is 35.4 Å². The van der Waals surface area contributed by atoms with Crippen LogP contribution in [0.1, 0.15) is 97.5 Å². The zero-order valence-electron chi connectivity index (χ0n) is 36.9. The van der Waals surface area contributed by atoms with Gasteiger partial charge in [-0.3, -0.25) is 4.79 Å². The summed E-state index contributed by atoms with van der Waals surface area (Å²) in [6.45, 7) is 8.56. The highest BCUT2D eigenvalue weighted by Gasteiger charge is 2.85. The van der Waals surface area contributed by atoms with Gasteiger partial charge in [-0.05, 0) is 93.4 Å². The Balaban J connectivity index is 1.38. The summed E-state index contributed by atoms with van der Waals surface area (Å²) in [5, 5.41) is 80.6. The van der Waals surface area contributed by atoms with Crippen molar-refractivity contribution < 1.29 is 58.8 Å². The Hall–Kier alpha value is -2.31. The fraction of sp³-hybridized carbons (Fsp3) is 0.729. The van der Waals surface area contributed by atoms with Crippen LogP contribution >= 0.6 is 21.6 Å². The van der Waals surface area contributed by atoms with Crippen molar-refractivity contribution in [2.24, 2.45) is 35.5 Å². The lowest BCUT2D eigenvalue weighted by atomic mass is 9.46. The minimum absolute atomic E-state index is 0.0104. The first-order valence-electron chi connectivity index (χ1n) is 23.5. The number of fused-ring (bicyclic) bond motifs is 12. The van der Waals surface area contributed by atoms with Crippen molar-refractivity contribution in [3.8, 4) is 11.5 Å². The van der Waals surface area contributed by atoms with E-state index in [1.807, 2.05) is 12.1 Å². The topological polar surface area (TPSA) is 201 Å². The number of allylic oxidation sites excluding steroid dienone is 1. The summed E-state index contributed by atoms with van der Waals surface area (Å²) < 4.78 is 34.0. The van der Waals surface area contributed by atoms with Gasteiger partial charge in [-0.2, -0.15) is 0 Å². The average molecular weight is 914 g/mol. The minimum atomic E-state index is -2.54. The summed E-state index contributed by atoms with van der Waals surface area (Å²) >= 11 is 0. The predicted molar refractivity (Wildman–Crippen MR) is 240 cm³/mol. The molecule has 2 aliphatic carbocycles. The lowest BCUT2D eigenvalue weighted by Crippen LogP contribution is -2.92. The predicted octanol–water partition coefficient (Wildman–Crippen LogP) is 5.60. The summed E-state index contributed by atoms with van der Waals surface area (Å²) in [6, 6.07) is 3.79. The second kappa shape index (κ2) is 17.7. The molecule has 3 saturated heterocycles. The maximum Gasteiger partial charge on any atom is 0.306 e. The third kappa shape index (κ3) is 7.51. The normalized spacial score (nSPS) is 42.3. The van der Waals surface area contributed by atoms with Crippen molar-refractivity contribution in [2.45, 2.75) is 157 Å². The Labute approximate surface area is 378 Å². The number of rotatable bonds is 8. The molecule has 13 nitrogen and oxygen atoms in total. The number of benzene rings is 1. The van der Waals surface area contributed by atoms with Gasteiger partial charge < -0.3 is 59.3 Å². The summed E-state index contributed by atoms with van der Waals surface area (Å²) in [5.74, 6) is -3.87. The zero-order valence-corrected chi connectivity index (χ0v) is 38.6. The maximum absolute atomic E-state index is 14.0. The summed E-state index contributed by atoms with van der Waals surface area (Å²) in [4.78, 5) is 13.1. The molecule has 2 spiro atoms. The molecule has 5 aliphatic heterocycles. The lowest BCUT2D eigenvalue weighted by Gasteiger charge is -2.73. The quantitative estimate of drug-likeness (QED) is 0.0981. The summed E-state index contributed by atoms with van der Waals surface area (Å²) in [7, 11) is 3.20. The van der Waals surface area contributed by atoms with E-state index in [0.717, 1.165) is 37.7 Å². The molecule has 6 heterocycles. The number of hydrogen-bond donors (Lipinski definition) is 7. The Kier molecular flexibility index (Phi) is 12.9. The smallest absolute Gasteiger partial charge is 0.306 e. The molecule has 4 fully saturated rings. The van der Waals surface area contributed by atoms with Crippen molar-refractivity contribution >= 4 is 38.5 Å². The third-order valence-electron chi connectivity index (χ3n) is 15.7. The lowest BCUT2D eigenvalue weighted by molar-refractivity contribution is -0.458. The van der Waals surface area contributed by atoms with Crippen LogP contribution in [-0.4, -0.2) is 120 Å². The van der Waals surface area contributed by atoms with Gasteiger partial charge in [-0.15, -0.1) is 0 Å². The highest BCUT2D eigenvalue weighted by atomic mass is 33.1. The summed E-state index contributed by atoms with van der Waals surface area (Å²) in [5.41, 5.74) is -5.01. The molecule has 1 aromatic heterocycles. The molecule has 348 valence electrons. The highest BCUT2D eigenvalue weighted by Crippen LogP contribution is 2.69.